The number of benzene rings is 2. The number of hydrogen-bond acceptors (Lipinski definition) is 5. The maximum Gasteiger partial charge on any atom is 0.337 e. The largest absolute Gasteiger partial charge is 0.465 e. The molecule has 33 heavy (non-hydrogen) atoms. The topological polar surface area (TPSA) is 75.3 Å². The van der Waals surface area contributed by atoms with Crippen molar-refractivity contribution in [3.8, 4) is 0 Å². The van der Waals surface area contributed by atoms with E-state index in [1.54, 1.807) is 18.2 Å². The third kappa shape index (κ3) is 4.02. The Kier molecular flexibility index (Phi) is 5.46. The van der Waals surface area contributed by atoms with Crippen LogP contribution in [-0.2, 0) is 24.1 Å². The molecule has 0 radical (unpaired) electrons. The minimum absolute atomic E-state index is 0.0421. The Balaban J connectivity index is 1.39. The number of halogens is 1. The van der Waals surface area contributed by atoms with Crippen LogP contribution in [0.2, 0.25) is 0 Å². The van der Waals surface area contributed by atoms with Crippen LogP contribution in [0, 0.1) is 12.7 Å². The number of H-pyrrole nitrogens is 1. The molecule has 8 heteroatoms. The van der Waals surface area contributed by atoms with E-state index in [-0.39, 0.29) is 17.7 Å². The standard InChI is InChI=1S/C25H22FN3O3S/c1-14-23(33-22(27-14)11-15-3-6-17(26)7-4-15)24(30)29-10-9-21-19(13-29)18-12-16(25(31)32-2)5-8-20(18)28-21/h3-8,12,28H,9-11,13H2,1-2H3. The van der Waals surface area contributed by atoms with Gasteiger partial charge >= 0.3 is 5.97 Å². The molecule has 1 amide bonds. The van der Waals surface area contributed by atoms with Gasteiger partial charge in [0.2, 0.25) is 0 Å². The van der Waals surface area contributed by atoms with Crippen molar-refractivity contribution in [1.82, 2.24) is 14.9 Å². The first-order valence-corrected chi connectivity index (χ1v) is 11.5. The summed E-state index contributed by atoms with van der Waals surface area (Å²) in [6, 6.07) is 11.8. The molecule has 0 saturated heterocycles. The number of esters is 1. The number of ether oxygens (including phenoxy) is 1. The van der Waals surface area contributed by atoms with E-state index < -0.39 is 0 Å². The molecule has 5 rings (SSSR count). The van der Waals surface area contributed by atoms with Gasteiger partial charge in [0.05, 0.1) is 23.4 Å². The van der Waals surface area contributed by atoms with Gasteiger partial charge in [-0.2, -0.15) is 0 Å². The highest BCUT2D eigenvalue weighted by molar-refractivity contribution is 7.13. The van der Waals surface area contributed by atoms with Crippen molar-refractivity contribution < 1.29 is 18.7 Å². The van der Waals surface area contributed by atoms with Crippen molar-refractivity contribution in [2.75, 3.05) is 13.7 Å². The zero-order valence-electron chi connectivity index (χ0n) is 18.3. The molecule has 0 spiro atoms. The zero-order chi connectivity index (χ0) is 23.1. The Bertz CT molecular complexity index is 1370. The highest BCUT2D eigenvalue weighted by Gasteiger charge is 2.27. The van der Waals surface area contributed by atoms with Crippen molar-refractivity contribution in [3.05, 3.63) is 86.2 Å². The Labute approximate surface area is 194 Å². The SMILES string of the molecule is COC(=O)c1ccc2[nH]c3c(c2c1)CN(C(=O)c1sc(Cc2ccc(F)cc2)nc1C)CC3. The van der Waals surface area contributed by atoms with Crippen LogP contribution in [0.4, 0.5) is 4.39 Å². The van der Waals surface area contributed by atoms with E-state index in [9.17, 15) is 14.0 Å². The Morgan fingerprint density at radius 1 is 1.21 bits per heavy atom. The first-order valence-electron chi connectivity index (χ1n) is 10.6. The molecule has 4 aromatic rings. The van der Waals surface area contributed by atoms with Gasteiger partial charge in [0, 0.05) is 48.1 Å². The average molecular weight is 464 g/mol. The number of methoxy groups -OCH3 is 1. The summed E-state index contributed by atoms with van der Waals surface area (Å²) in [4.78, 5) is 35.8. The molecule has 2 aromatic heterocycles. The smallest absolute Gasteiger partial charge is 0.337 e. The average Bonchev–Trinajstić information content (AvgIpc) is 3.38. The van der Waals surface area contributed by atoms with Gasteiger partial charge < -0.3 is 14.6 Å². The van der Waals surface area contributed by atoms with Crippen molar-refractivity contribution >= 4 is 34.1 Å². The summed E-state index contributed by atoms with van der Waals surface area (Å²) in [6.45, 7) is 2.91. The fourth-order valence-electron chi connectivity index (χ4n) is 4.28. The van der Waals surface area contributed by atoms with Gasteiger partial charge in [0.15, 0.2) is 0 Å². The van der Waals surface area contributed by atoms with E-state index in [0.717, 1.165) is 32.7 Å². The number of aryl methyl sites for hydroxylation is 1. The number of aromatic nitrogens is 2. The van der Waals surface area contributed by atoms with Crippen LogP contribution in [0.25, 0.3) is 10.9 Å². The number of hydrogen-bond donors (Lipinski definition) is 1. The van der Waals surface area contributed by atoms with Crippen LogP contribution >= 0.6 is 11.3 Å². The van der Waals surface area contributed by atoms with E-state index in [4.69, 9.17) is 4.74 Å². The summed E-state index contributed by atoms with van der Waals surface area (Å²) in [6.07, 6.45) is 1.27. The number of nitrogens with one attached hydrogen (secondary N) is 1. The molecule has 168 valence electrons. The molecular weight excluding hydrogens is 441 g/mol. The maximum absolute atomic E-state index is 13.4. The van der Waals surface area contributed by atoms with E-state index in [2.05, 4.69) is 9.97 Å². The first kappa shape index (κ1) is 21.3. The van der Waals surface area contributed by atoms with E-state index in [0.29, 0.717) is 42.1 Å². The molecule has 1 aliphatic heterocycles. The minimum Gasteiger partial charge on any atom is -0.465 e. The zero-order valence-corrected chi connectivity index (χ0v) is 19.1. The number of amides is 1. The molecule has 0 saturated carbocycles. The molecule has 3 heterocycles. The van der Waals surface area contributed by atoms with E-state index in [1.165, 1.54) is 30.6 Å². The van der Waals surface area contributed by atoms with Gasteiger partial charge in [-0.1, -0.05) is 12.1 Å². The summed E-state index contributed by atoms with van der Waals surface area (Å²) in [5.74, 6) is -0.700. The number of rotatable bonds is 4. The van der Waals surface area contributed by atoms with Gasteiger partial charge in [0.1, 0.15) is 10.7 Å². The molecule has 1 aliphatic rings. The second-order valence-electron chi connectivity index (χ2n) is 8.14. The van der Waals surface area contributed by atoms with Crippen molar-refractivity contribution in [2.24, 2.45) is 0 Å². The lowest BCUT2D eigenvalue weighted by atomic mass is 10.0. The number of thiazole rings is 1. The third-order valence-electron chi connectivity index (χ3n) is 5.99. The molecule has 0 fully saturated rings. The predicted molar refractivity (Wildman–Crippen MR) is 124 cm³/mol. The first-order chi connectivity index (χ1) is 15.9. The van der Waals surface area contributed by atoms with Crippen molar-refractivity contribution in [1.29, 1.82) is 0 Å². The minimum atomic E-state index is -0.385. The van der Waals surface area contributed by atoms with Crippen LogP contribution in [-0.4, -0.2) is 40.4 Å². The molecule has 1 N–H and O–H groups in total. The molecule has 0 aliphatic carbocycles. The number of carbonyl (C=O) groups excluding carboxylic acids is 2. The van der Waals surface area contributed by atoms with Gasteiger partial charge in [-0.15, -0.1) is 11.3 Å². The Morgan fingerprint density at radius 3 is 2.76 bits per heavy atom. The molecule has 0 atom stereocenters. The van der Waals surface area contributed by atoms with Crippen LogP contribution in [0.1, 0.15) is 47.6 Å². The monoisotopic (exact) mass is 463 g/mol. The number of nitrogens with zero attached hydrogens (tertiary/aromatic N) is 2. The molecule has 2 aromatic carbocycles. The normalized spacial score (nSPS) is 13.2. The van der Waals surface area contributed by atoms with Gasteiger partial charge in [-0.25, -0.2) is 14.2 Å². The van der Waals surface area contributed by atoms with E-state index in [1.807, 2.05) is 24.0 Å². The summed E-state index contributed by atoms with van der Waals surface area (Å²) >= 11 is 1.39. The number of aromatic amines is 1. The van der Waals surface area contributed by atoms with Gasteiger partial charge in [-0.3, -0.25) is 4.79 Å². The summed E-state index contributed by atoms with van der Waals surface area (Å²) in [5.41, 5.74) is 5.21. The highest BCUT2D eigenvalue weighted by atomic mass is 32.1. The van der Waals surface area contributed by atoms with Crippen LogP contribution in [0.3, 0.4) is 0 Å². The summed E-state index contributed by atoms with van der Waals surface area (Å²) in [7, 11) is 1.36. The van der Waals surface area contributed by atoms with Crippen LogP contribution < -0.4 is 0 Å². The second kappa shape index (κ2) is 8.44. The fourth-order valence-corrected chi connectivity index (χ4v) is 5.35. The second-order valence-corrected chi connectivity index (χ2v) is 9.22. The molecular formula is C25H22FN3O3S. The van der Waals surface area contributed by atoms with Crippen molar-refractivity contribution in [2.45, 2.75) is 26.3 Å². The number of carbonyl (C=O) groups is 2. The third-order valence-corrected chi connectivity index (χ3v) is 7.13. The highest BCUT2D eigenvalue weighted by Crippen LogP contribution is 2.31. The predicted octanol–water partition coefficient (Wildman–Crippen LogP) is 4.65. The summed E-state index contributed by atoms with van der Waals surface area (Å²) < 4.78 is 18.0. The lowest BCUT2D eigenvalue weighted by molar-refractivity contribution is 0.0600. The van der Waals surface area contributed by atoms with Gasteiger partial charge in [0.25, 0.3) is 5.91 Å². The molecule has 0 unspecified atom stereocenters. The molecule has 6 nitrogen and oxygen atoms in total. The number of fused-ring (bicyclic) bond motifs is 3. The maximum atomic E-state index is 13.4. The van der Waals surface area contributed by atoms with Crippen molar-refractivity contribution in [3.63, 3.8) is 0 Å². The fraction of sp³-hybridized carbons (Fsp3) is 0.240. The van der Waals surface area contributed by atoms with Crippen LogP contribution in [0.15, 0.2) is 42.5 Å². The quantitative estimate of drug-likeness (QED) is 0.447. The lowest BCUT2D eigenvalue weighted by Crippen LogP contribution is -2.35. The Hall–Kier alpha value is -3.52. The summed E-state index contributed by atoms with van der Waals surface area (Å²) in [5, 5.41) is 1.76. The van der Waals surface area contributed by atoms with Gasteiger partial charge in [-0.05, 0) is 42.8 Å². The van der Waals surface area contributed by atoms with E-state index >= 15 is 0 Å². The Morgan fingerprint density at radius 2 is 2.00 bits per heavy atom. The van der Waals surface area contributed by atoms with Crippen LogP contribution in [0.5, 0.6) is 0 Å². The molecule has 0 bridgehead atoms. The lowest BCUT2D eigenvalue weighted by Gasteiger charge is -2.27.